The lowest BCUT2D eigenvalue weighted by Gasteiger charge is -2.28. The zero-order valence-electron chi connectivity index (χ0n) is 14.2. The van der Waals surface area contributed by atoms with Crippen molar-refractivity contribution in [3.05, 3.63) is 33.9 Å². The van der Waals surface area contributed by atoms with Gasteiger partial charge in [0.2, 0.25) is 5.43 Å². The van der Waals surface area contributed by atoms with Crippen molar-refractivity contribution in [2.24, 2.45) is 0 Å². The van der Waals surface area contributed by atoms with Crippen molar-refractivity contribution in [1.82, 2.24) is 9.55 Å². The van der Waals surface area contributed by atoms with E-state index in [1.54, 1.807) is 11.5 Å². The second-order valence-electron chi connectivity index (χ2n) is 5.64. The number of nitrogens with zero attached hydrogens (tertiary/aromatic N) is 3. The molecule has 0 bridgehead atoms. The maximum absolute atomic E-state index is 14.6. The molecule has 3 heterocycles. The highest BCUT2D eigenvalue weighted by atomic mass is 32.2. The van der Waals surface area contributed by atoms with Crippen molar-refractivity contribution in [2.75, 3.05) is 36.1 Å². The first-order chi connectivity index (χ1) is 12.1. The Kier molecular flexibility index (Phi) is 5.27. The first-order valence-corrected chi connectivity index (χ1v) is 9.45. The molecule has 1 aliphatic heterocycles. The van der Waals surface area contributed by atoms with Crippen LogP contribution in [-0.2, 0) is 11.3 Å². The molecule has 0 aliphatic carbocycles. The second-order valence-corrected chi connectivity index (χ2v) is 6.87. The molecule has 3 rings (SSSR count). The number of esters is 1. The lowest BCUT2D eigenvalue weighted by molar-refractivity contribution is 0.0524. The number of fused-ring (bicyclic) bond motifs is 1. The number of rotatable bonds is 4. The summed E-state index contributed by atoms with van der Waals surface area (Å²) in [4.78, 5) is 31.0. The van der Waals surface area contributed by atoms with Gasteiger partial charge in [-0.1, -0.05) is 0 Å². The third-order valence-electron chi connectivity index (χ3n) is 4.13. The lowest BCUT2D eigenvalue weighted by atomic mass is 10.2. The van der Waals surface area contributed by atoms with Gasteiger partial charge in [-0.15, -0.1) is 0 Å². The molecule has 0 unspecified atom stereocenters. The largest absolute Gasteiger partial charge is 0.462 e. The van der Waals surface area contributed by atoms with Gasteiger partial charge in [0.25, 0.3) is 0 Å². The van der Waals surface area contributed by atoms with E-state index in [4.69, 9.17) is 4.74 Å². The summed E-state index contributed by atoms with van der Waals surface area (Å²) in [5, 5.41) is 0.0973. The van der Waals surface area contributed by atoms with Crippen molar-refractivity contribution in [3.63, 3.8) is 0 Å². The van der Waals surface area contributed by atoms with Gasteiger partial charge >= 0.3 is 5.97 Å². The molecule has 0 amide bonds. The van der Waals surface area contributed by atoms with E-state index in [2.05, 4.69) is 4.98 Å². The van der Waals surface area contributed by atoms with E-state index in [1.807, 2.05) is 23.6 Å². The van der Waals surface area contributed by atoms with Gasteiger partial charge in [-0.2, -0.15) is 11.8 Å². The quantitative estimate of drug-likeness (QED) is 0.775. The summed E-state index contributed by atoms with van der Waals surface area (Å²) in [5.41, 5.74) is -0.264. The Balaban J connectivity index is 2.18. The number of pyridine rings is 2. The first kappa shape index (κ1) is 17.7. The minimum atomic E-state index is -0.700. The van der Waals surface area contributed by atoms with Gasteiger partial charge in [0.05, 0.1) is 12.0 Å². The van der Waals surface area contributed by atoms with E-state index in [9.17, 15) is 14.0 Å². The number of carbonyl (C=O) groups excluding carboxylic acids is 1. The topological polar surface area (TPSA) is 64.4 Å². The summed E-state index contributed by atoms with van der Waals surface area (Å²) in [6, 6.07) is 1.19. The van der Waals surface area contributed by atoms with Crippen LogP contribution in [0, 0.1) is 5.82 Å². The highest BCUT2D eigenvalue weighted by molar-refractivity contribution is 7.99. The summed E-state index contributed by atoms with van der Waals surface area (Å²) in [5.74, 6) is 0.857. The van der Waals surface area contributed by atoms with Crippen LogP contribution in [0.1, 0.15) is 24.2 Å². The van der Waals surface area contributed by atoms with E-state index in [-0.39, 0.29) is 23.4 Å². The lowest BCUT2D eigenvalue weighted by Crippen LogP contribution is -2.34. The molecule has 0 spiro atoms. The molecule has 0 N–H and O–H groups in total. The summed E-state index contributed by atoms with van der Waals surface area (Å²) in [6.07, 6.45) is 1.45. The van der Waals surface area contributed by atoms with Crippen molar-refractivity contribution in [3.8, 4) is 0 Å². The Morgan fingerprint density at radius 2 is 2.08 bits per heavy atom. The average molecular weight is 365 g/mol. The predicted molar refractivity (Wildman–Crippen MR) is 97.1 cm³/mol. The van der Waals surface area contributed by atoms with Crippen LogP contribution < -0.4 is 10.3 Å². The molecular formula is C17H20FN3O3S. The van der Waals surface area contributed by atoms with Crippen LogP contribution in [0.4, 0.5) is 10.2 Å². The van der Waals surface area contributed by atoms with Crippen LogP contribution in [0.5, 0.6) is 0 Å². The van der Waals surface area contributed by atoms with Gasteiger partial charge < -0.3 is 14.2 Å². The van der Waals surface area contributed by atoms with E-state index >= 15 is 0 Å². The maximum atomic E-state index is 14.6. The molecule has 134 valence electrons. The molecule has 2 aromatic heterocycles. The number of halogens is 1. The summed E-state index contributed by atoms with van der Waals surface area (Å²) < 4.78 is 21.2. The molecule has 2 aromatic rings. The molecular weight excluding hydrogens is 345 g/mol. The van der Waals surface area contributed by atoms with Crippen molar-refractivity contribution < 1.29 is 13.9 Å². The third kappa shape index (κ3) is 3.35. The Bertz CT molecular complexity index is 862. The van der Waals surface area contributed by atoms with E-state index in [0.717, 1.165) is 24.6 Å². The van der Waals surface area contributed by atoms with Crippen LogP contribution >= 0.6 is 11.8 Å². The second kappa shape index (κ2) is 7.43. The van der Waals surface area contributed by atoms with Crippen LogP contribution in [0.3, 0.4) is 0 Å². The Morgan fingerprint density at radius 1 is 1.36 bits per heavy atom. The maximum Gasteiger partial charge on any atom is 0.343 e. The Hall–Kier alpha value is -2.09. The molecule has 8 heteroatoms. The molecule has 1 fully saturated rings. The number of ether oxygens (including phenoxy) is 1. The number of hydrogen-bond donors (Lipinski definition) is 0. The fourth-order valence-electron chi connectivity index (χ4n) is 2.87. The summed E-state index contributed by atoms with van der Waals surface area (Å²) in [6.45, 7) is 5.65. The minimum Gasteiger partial charge on any atom is -0.462 e. The molecule has 0 atom stereocenters. The molecule has 0 saturated carbocycles. The van der Waals surface area contributed by atoms with E-state index < -0.39 is 17.2 Å². The van der Waals surface area contributed by atoms with E-state index in [0.29, 0.717) is 12.2 Å². The predicted octanol–water partition coefficient (Wildman–Crippen LogP) is 2.29. The molecule has 25 heavy (non-hydrogen) atoms. The highest BCUT2D eigenvalue weighted by Gasteiger charge is 2.22. The first-order valence-electron chi connectivity index (χ1n) is 8.30. The minimum absolute atomic E-state index is 0.0973. The smallest absolute Gasteiger partial charge is 0.343 e. The van der Waals surface area contributed by atoms with Crippen LogP contribution in [0.25, 0.3) is 11.0 Å². The highest BCUT2D eigenvalue weighted by Crippen LogP contribution is 2.24. The molecule has 0 aromatic carbocycles. The Morgan fingerprint density at radius 3 is 2.72 bits per heavy atom. The van der Waals surface area contributed by atoms with Crippen molar-refractivity contribution in [1.29, 1.82) is 0 Å². The zero-order chi connectivity index (χ0) is 18.0. The number of aryl methyl sites for hydroxylation is 1. The molecule has 0 radical (unpaired) electrons. The fourth-order valence-corrected chi connectivity index (χ4v) is 3.77. The number of thioether (sulfide) groups is 1. The van der Waals surface area contributed by atoms with Gasteiger partial charge in [0.15, 0.2) is 11.6 Å². The fraction of sp³-hybridized carbons (Fsp3) is 0.471. The van der Waals surface area contributed by atoms with Gasteiger partial charge in [-0.3, -0.25) is 4.79 Å². The summed E-state index contributed by atoms with van der Waals surface area (Å²) >= 11 is 1.82. The summed E-state index contributed by atoms with van der Waals surface area (Å²) in [7, 11) is 0. The van der Waals surface area contributed by atoms with Crippen LogP contribution in [0.2, 0.25) is 0 Å². The number of aromatic nitrogens is 2. The molecule has 6 nitrogen and oxygen atoms in total. The van der Waals surface area contributed by atoms with Crippen molar-refractivity contribution >= 4 is 34.6 Å². The van der Waals surface area contributed by atoms with Gasteiger partial charge in [-0.05, 0) is 19.9 Å². The SMILES string of the molecule is CCOC(=O)c1cn(CC)c2nc(N3CCSCC3)c(F)cc2c1=O. The normalized spacial score (nSPS) is 14.8. The van der Waals surface area contributed by atoms with Crippen LogP contribution in [0.15, 0.2) is 17.1 Å². The monoisotopic (exact) mass is 365 g/mol. The van der Waals surface area contributed by atoms with Crippen LogP contribution in [-0.4, -0.2) is 46.7 Å². The van der Waals surface area contributed by atoms with Gasteiger partial charge in [0, 0.05) is 37.3 Å². The Labute approximate surface area is 149 Å². The standard InChI is InChI=1S/C17H20FN3O3S/c1-3-20-10-12(17(23)24-4-2)14(22)11-9-13(18)16(19-15(11)20)21-5-7-25-8-6-21/h9-10H,3-8H2,1-2H3. The van der Waals surface area contributed by atoms with Crippen molar-refractivity contribution in [2.45, 2.75) is 20.4 Å². The molecule has 1 saturated heterocycles. The molecule has 1 aliphatic rings. The van der Waals surface area contributed by atoms with Gasteiger partial charge in [0.1, 0.15) is 11.2 Å². The number of anilines is 1. The van der Waals surface area contributed by atoms with E-state index in [1.165, 1.54) is 12.3 Å². The third-order valence-corrected chi connectivity index (χ3v) is 5.07. The van der Waals surface area contributed by atoms with Gasteiger partial charge in [-0.25, -0.2) is 14.2 Å². The average Bonchev–Trinajstić information content (AvgIpc) is 2.63. The number of carbonyl (C=O) groups is 1. The number of hydrogen-bond acceptors (Lipinski definition) is 6. The zero-order valence-corrected chi connectivity index (χ0v) is 15.1.